The van der Waals surface area contributed by atoms with Gasteiger partial charge in [0.25, 0.3) is 0 Å². The first kappa shape index (κ1) is 15.8. The maximum atomic E-state index is 12.0. The van der Waals surface area contributed by atoms with Gasteiger partial charge in [0.1, 0.15) is 5.75 Å². The number of phenolic OH excluding ortho intramolecular Hbond substituents is 1. The molecule has 0 atom stereocenters. The Morgan fingerprint density at radius 3 is 2.45 bits per heavy atom. The van der Waals surface area contributed by atoms with Crippen LogP contribution in [-0.2, 0) is 18.3 Å². The van der Waals surface area contributed by atoms with E-state index in [4.69, 9.17) is 0 Å². The number of aromatic nitrogens is 1. The van der Waals surface area contributed by atoms with E-state index in [0.717, 1.165) is 23.1 Å². The third-order valence-corrected chi connectivity index (χ3v) is 4.00. The monoisotopic (exact) mass is 300 g/mol. The van der Waals surface area contributed by atoms with E-state index in [1.807, 2.05) is 25.5 Å². The Bertz CT molecular complexity index is 700. The fourth-order valence-electron chi connectivity index (χ4n) is 2.60. The van der Waals surface area contributed by atoms with Crippen molar-refractivity contribution in [2.24, 2.45) is 7.05 Å². The van der Waals surface area contributed by atoms with Crippen LogP contribution >= 0.6 is 0 Å². The van der Waals surface area contributed by atoms with Gasteiger partial charge < -0.3 is 15.0 Å². The Hall–Kier alpha value is -2.56. The van der Waals surface area contributed by atoms with Crippen molar-refractivity contribution in [3.05, 3.63) is 46.8 Å². The van der Waals surface area contributed by atoms with Gasteiger partial charge in [-0.2, -0.15) is 0 Å². The highest BCUT2D eigenvalue weighted by molar-refractivity contribution is 5.91. The van der Waals surface area contributed by atoms with Gasteiger partial charge in [0.05, 0.1) is 5.69 Å². The fraction of sp³-hybridized carbons (Fsp3) is 0.294. The highest BCUT2D eigenvalue weighted by Gasteiger charge is 2.15. The molecule has 0 bridgehead atoms. The van der Waals surface area contributed by atoms with Gasteiger partial charge in [-0.15, -0.1) is 0 Å². The van der Waals surface area contributed by atoms with Gasteiger partial charge in [0.15, 0.2) is 6.29 Å². The lowest BCUT2D eigenvalue weighted by molar-refractivity contribution is -0.116. The number of amides is 1. The Morgan fingerprint density at radius 1 is 1.27 bits per heavy atom. The van der Waals surface area contributed by atoms with Crippen LogP contribution < -0.4 is 5.32 Å². The minimum Gasteiger partial charge on any atom is -0.508 e. The van der Waals surface area contributed by atoms with Crippen LogP contribution in [0.4, 0.5) is 5.69 Å². The summed E-state index contributed by atoms with van der Waals surface area (Å²) in [5.41, 5.74) is 4.30. The summed E-state index contributed by atoms with van der Waals surface area (Å²) in [5.74, 6) is 0.0657. The van der Waals surface area contributed by atoms with E-state index in [-0.39, 0.29) is 11.7 Å². The van der Waals surface area contributed by atoms with Gasteiger partial charge >= 0.3 is 0 Å². The second-order valence-electron chi connectivity index (χ2n) is 5.35. The second kappa shape index (κ2) is 6.47. The first-order valence-corrected chi connectivity index (χ1v) is 7.13. The van der Waals surface area contributed by atoms with Crippen molar-refractivity contribution < 1.29 is 14.7 Å². The van der Waals surface area contributed by atoms with Crippen LogP contribution in [-0.4, -0.2) is 21.9 Å². The smallest absolute Gasteiger partial charge is 0.224 e. The molecule has 116 valence electrons. The number of aldehydes is 1. The predicted molar refractivity (Wildman–Crippen MR) is 85.3 cm³/mol. The minimum atomic E-state index is -0.0963. The molecule has 2 rings (SSSR count). The Labute approximate surface area is 129 Å². The van der Waals surface area contributed by atoms with E-state index in [1.54, 1.807) is 12.1 Å². The van der Waals surface area contributed by atoms with Gasteiger partial charge in [0.2, 0.25) is 5.91 Å². The summed E-state index contributed by atoms with van der Waals surface area (Å²) in [7, 11) is 1.85. The number of phenols is 1. The van der Waals surface area contributed by atoms with Crippen LogP contribution in [0.1, 0.15) is 33.7 Å². The second-order valence-corrected chi connectivity index (χ2v) is 5.35. The van der Waals surface area contributed by atoms with Crippen LogP contribution in [0.15, 0.2) is 24.3 Å². The summed E-state index contributed by atoms with van der Waals surface area (Å²) in [6.45, 7) is 3.86. The number of nitrogens with one attached hydrogen (secondary N) is 1. The number of anilines is 1. The summed E-state index contributed by atoms with van der Waals surface area (Å²) < 4.78 is 1.86. The Morgan fingerprint density at radius 2 is 1.91 bits per heavy atom. The minimum absolute atomic E-state index is 0.0963. The molecule has 0 saturated carbocycles. The molecule has 0 aliphatic rings. The first-order chi connectivity index (χ1) is 10.4. The fourth-order valence-corrected chi connectivity index (χ4v) is 2.60. The average molecular weight is 300 g/mol. The molecule has 0 saturated heterocycles. The van der Waals surface area contributed by atoms with Gasteiger partial charge in [-0.3, -0.25) is 9.59 Å². The van der Waals surface area contributed by atoms with E-state index in [9.17, 15) is 14.7 Å². The number of benzene rings is 1. The van der Waals surface area contributed by atoms with E-state index < -0.39 is 0 Å². The molecule has 5 nitrogen and oxygen atoms in total. The molecule has 1 aromatic heterocycles. The number of carbonyl (C=O) groups excluding carboxylic acids is 2. The van der Waals surface area contributed by atoms with Crippen molar-refractivity contribution in [3.8, 4) is 5.75 Å². The van der Waals surface area contributed by atoms with Crippen LogP contribution in [0.5, 0.6) is 5.75 Å². The largest absolute Gasteiger partial charge is 0.508 e. The molecule has 2 N–H and O–H groups in total. The lowest BCUT2D eigenvalue weighted by Crippen LogP contribution is -2.12. The summed E-state index contributed by atoms with van der Waals surface area (Å²) in [6, 6.07) is 6.35. The van der Waals surface area contributed by atoms with Crippen molar-refractivity contribution in [1.82, 2.24) is 4.57 Å². The normalized spacial score (nSPS) is 10.5. The third kappa shape index (κ3) is 3.19. The van der Waals surface area contributed by atoms with Crippen molar-refractivity contribution in [2.45, 2.75) is 26.7 Å². The Balaban J connectivity index is 2.02. The molecule has 0 spiro atoms. The molecule has 5 heteroatoms. The quantitative estimate of drug-likeness (QED) is 0.659. The molecule has 1 aromatic carbocycles. The van der Waals surface area contributed by atoms with E-state index in [2.05, 4.69) is 5.32 Å². The molecular weight excluding hydrogens is 280 g/mol. The van der Waals surface area contributed by atoms with Crippen LogP contribution in [0.2, 0.25) is 0 Å². The molecule has 2 aromatic rings. The zero-order chi connectivity index (χ0) is 16.3. The van der Waals surface area contributed by atoms with E-state index in [0.29, 0.717) is 24.2 Å². The van der Waals surface area contributed by atoms with Gasteiger partial charge in [-0.25, -0.2) is 0 Å². The van der Waals surface area contributed by atoms with Crippen LogP contribution in [0.25, 0.3) is 0 Å². The van der Waals surface area contributed by atoms with Crippen molar-refractivity contribution >= 4 is 17.9 Å². The maximum Gasteiger partial charge on any atom is 0.224 e. The third-order valence-electron chi connectivity index (χ3n) is 4.00. The first-order valence-electron chi connectivity index (χ1n) is 7.13. The molecular formula is C17H20N2O3. The van der Waals surface area contributed by atoms with Crippen molar-refractivity contribution in [1.29, 1.82) is 0 Å². The summed E-state index contributed by atoms with van der Waals surface area (Å²) in [4.78, 5) is 23.1. The zero-order valence-corrected chi connectivity index (χ0v) is 13.0. The topological polar surface area (TPSA) is 71.3 Å². The van der Waals surface area contributed by atoms with E-state index in [1.165, 1.54) is 12.1 Å². The molecule has 0 unspecified atom stereocenters. The van der Waals surface area contributed by atoms with Gasteiger partial charge in [0, 0.05) is 24.8 Å². The molecule has 1 heterocycles. The van der Waals surface area contributed by atoms with Gasteiger partial charge in [-0.1, -0.05) is 0 Å². The maximum absolute atomic E-state index is 12.0. The summed E-state index contributed by atoms with van der Waals surface area (Å²) in [5, 5.41) is 12.0. The molecule has 0 aliphatic heterocycles. The number of nitrogens with zero attached hydrogens (tertiary/aromatic N) is 1. The highest BCUT2D eigenvalue weighted by atomic mass is 16.3. The number of hydrogen-bond donors (Lipinski definition) is 2. The highest BCUT2D eigenvalue weighted by Crippen LogP contribution is 2.21. The van der Waals surface area contributed by atoms with E-state index >= 15 is 0 Å². The van der Waals surface area contributed by atoms with Gasteiger partial charge in [-0.05, 0) is 55.7 Å². The molecule has 1 amide bonds. The molecule has 0 radical (unpaired) electrons. The molecule has 0 aliphatic carbocycles. The lowest BCUT2D eigenvalue weighted by Gasteiger charge is -2.06. The average Bonchev–Trinajstić information content (AvgIpc) is 2.69. The van der Waals surface area contributed by atoms with Crippen molar-refractivity contribution in [3.63, 3.8) is 0 Å². The SMILES string of the molecule is Cc1c(CCC(=O)Nc2ccc(O)cc2)c(C)n(C)c1C=O. The van der Waals surface area contributed by atoms with Crippen LogP contribution in [0, 0.1) is 13.8 Å². The zero-order valence-electron chi connectivity index (χ0n) is 13.0. The number of carbonyl (C=O) groups is 2. The lowest BCUT2D eigenvalue weighted by atomic mass is 10.0. The molecule has 22 heavy (non-hydrogen) atoms. The Kier molecular flexibility index (Phi) is 4.65. The number of aromatic hydroxyl groups is 1. The van der Waals surface area contributed by atoms with Crippen LogP contribution in [0.3, 0.4) is 0 Å². The molecule has 0 fully saturated rings. The summed E-state index contributed by atoms with van der Waals surface area (Å²) in [6.07, 6.45) is 1.77. The number of rotatable bonds is 5. The van der Waals surface area contributed by atoms with Crippen molar-refractivity contribution in [2.75, 3.05) is 5.32 Å². The summed E-state index contributed by atoms with van der Waals surface area (Å²) >= 11 is 0. The number of hydrogen-bond acceptors (Lipinski definition) is 3. The standard InChI is InChI=1S/C17H20N2O3/c1-11-15(12(2)19(3)16(11)10-20)8-9-17(22)18-13-4-6-14(21)7-5-13/h4-7,10,21H,8-9H2,1-3H3,(H,18,22). The predicted octanol–water partition coefficient (Wildman–Crippen LogP) is 2.73.